The van der Waals surface area contributed by atoms with Gasteiger partial charge in [-0.15, -0.1) is 0 Å². The second-order valence-corrected chi connectivity index (χ2v) is 3.46. The Hall–Kier alpha value is -0.260. The maximum Gasteiger partial charge on any atom is -0.0318 e. The smallest absolute Gasteiger partial charge is 0.0318 e. The van der Waals surface area contributed by atoms with Crippen molar-refractivity contribution in [1.29, 1.82) is 0 Å². The molecule has 0 fully saturated rings. The van der Waals surface area contributed by atoms with Crippen molar-refractivity contribution >= 4 is 0 Å². The van der Waals surface area contributed by atoms with Gasteiger partial charge in [-0.1, -0.05) is 37.8 Å². The molecule has 0 spiro atoms. The van der Waals surface area contributed by atoms with Crippen LogP contribution in [0.3, 0.4) is 0 Å². The van der Waals surface area contributed by atoms with Crippen molar-refractivity contribution in [3.05, 3.63) is 11.1 Å². The molecule has 0 rings (SSSR count). The highest BCUT2D eigenvalue weighted by Crippen LogP contribution is 2.17. The second-order valence-electron chi connectivity index (χ2n) is 3.46. The molecule has 0 heteroatoms. The predicted molar refractivity (Wildman–Crippen MR) is 52.8 cm³/mol. The van der Waals surface area contributed by atoms with E-state index < -0.39 is 0 Å². The van der Waals surface area contributed by atoms with Gasteiger partial charge in [-0.2, -0.15) is 0 Å². The SMILES string of the molecule is CCCCC(CCC)=C(C)C. The summed E-state index contributed by atoms with van der Waals surface area (Å²) >= 11 is 0. The van der Waals surface area contributed by atoms with Gasteiger partial charge in [0, 0.05) is 0 Å². The molecule has 0 aliphatic rings. The van der Waals surface area contributed by atoms with Crippen LogP contribution in [-0.2, 0) is 0 Å². The molecule has 0 aliphatic heterocycles. The lowest BCUT2D eigenvalue weighted by atomic mass is 10.00. The Labute approximate surface area is 71.7 Å². The van der Waals surface area contributed by atoms with E-state index in [9.17, 15) is 0 Å². The lowest BCUT2D eigenvalue weighted by Crippen LogP contribution is -1.86. The molecule has 0 unspecified atom stereocenters. The fraction of sp³-hybridized carbons (Fsp3) is 0.818. The van der Waals surface area contributed by atoms with Crippen molar-refractivity contribution in [2.24, 2.45) is 0 Å². The van der Waals surface area contributed by atoms with Gasteiger partial charge in [0.05, 0.1) is 0 Å². The van der Waals surface area contributed by atoms with Crippen LogP contribution in [0.2, 0.25) is 0 Å². The summed E-state index contributed by atoms with van der Waals surface area (Å²) in [5.41, 5.74) is 3.23. The van der Waals surface area contributed by atoms with Crippen LogP contribution in [0, 0.1) is 0 Å². The largest absolute Gasteiger partial charge is 0.0772 e. The van der Waals surface area contributed by atoms with Gasteiger partial charge in [-0.25, -0.2) is 0 Å². The van der Waals surface area contributed by atoms with E-state index in [1.165, 1.54) is 32.1 Å². The lowest BCUT2D eigenvalue weighted by Gasteiger charge is -2.07. The van der Waals surface area contributed by atoms with E-state index in [0.29, 0.717) is 0 Å². The number of unbranched alkanes of at least 4 members (excludes halogenated alkanes) is 1. The minimum absolute atomic E-state index is 1.30. The van der Waals surface area contributed by atoms with Crippen molar-refractivity contribution in [1.82, 2.24) is 0 Å². The summed E-state index contributed by atoms with van der Waals surface area (Å²) in [6, 6.07) is 0. The van der Waals surface area contributed by atoms with Gasteiger partial charge in [0.1, 0.15) is 0 Å². The summed E-state index contributed by atoms with van der Waals surface area (Å²) in [5, 5.41) is 0. The minimum atomic E-state index is 1.30. The average Bonchev–Trinajstić information content (AvgIpc) is 1.97. The van der Waals surface area contributed by atoms with Crippen molar-refractivity contribution in [3.8, 4) is 0 Å². The molecule has 0 heterocycles. The number of hydrogen-bond donors (Lipinski definition) is 0. The van der Waals surface area contributed by atoms with Crippen molar-refractivity contribution in [2.75, 3.05) is 0 Å². The third-order valence-electron chi connectivity index (χ3n) is 2.09. The normalized spacial score (nSPS) is 9.82. The number of allylic oxidation sites excluding steroid dienone is 2. The topological polar surface area (TPSA) is 0 Å². The first-order valence-corrected chi connectivity index (χ1v) is 4.87. The van der Waals surface area contributed by atoms with Gasteiger partial charge in [-0.05, 0) is 33.1 Å². The van der Waals surface area contributed by atoms with E-state index >= 15 is 0 Å². The first-order chi connectivity index (χ1) is 5.22. The minimum Gasteiger partial charge on any atom is -0.0772 e. The number of hydrogen-bond acceptors (Lipinski definition) is 0. The van der Waals surface area contributed by atoms with Crippen molar-refractivity contribution in [2.45, 2.75) is 59.8 Å². The van der Waals surface area contributed by atoms with Crippen LogP contribution in [0.25, 0.3) is 0 Å². The third-order valence-corrected chi connectivity index (χ3v) is 2.09. The Morgan fingerprint density at radius 1 is 0.909 bits per heavy atom. The molecule has 0 radical (unpaired) electrons. The number of rotatable bonds is 5. The van der Waals surface area contributed by atoms with E-state index in [0.717, 1.165) is 0 Å². The summed E-state index contributed by atoms with van der Waals surface area (Å²) in [5.74, 6) is 0. The van der Waals surface area contributed by atoms with Crippen LogP contribution in [0.4, 0.5) is 0 Å². The molecular weight excluding hydrogens is 132 g/mol. The zero-order valence-corrected chi connectivity index (χ0v) is 8.54. The van der Waals surface area contributed by atoms with Crippen LogP contribution < -0.4 is 0 Å². The lowest BCUT2D eigenvalue weighted by molar-refractivity contribution is 0.734. The van der Waals surface area contributed by atoms with Crippen LogP contribution in [-0.4, -0.2) is 0 Å². The van der Waals surface area contributed by atoms with Crippen LogP contribution >= 0.6 is 0 Å². The van der Waals surface area contributed by atoms with Crippen LogP contribution in [0.15, 0.2) is 11.1 Å². The summed E-state index contributed by atoms with van der Waals surface area (Å²) in [4.78, 5) is 0. The second kappa shape index (κ2) is 6.45. The molecule has 11 heavy (non-hydrogen) atoms. The molecule has 0 aliphatic carbocycles. The van der Waals surface area contributed by atoms with E-state index in [4.69, 9.17) is 0 Å². The van der Waals surface area contributed by atoms with Gasteiger partial charge in [0.15, 0.2) is 0 Å². The van der Waals surface area contributed by atoms with Gasteiger partial charge >= 0.3 is 0 Å². The van der Waals surface area contributed by atoms with Gasteiger partial charge in [-0.3, -0.25) is 0 Å². The Balaban J connectivity index is 3.81. The molecule has 0 saturated carbocycles. The molecule has 0 aromatic carbocycles. The summed E-state index contributed by atoms with van der Waals surface area (Å²) in [6.07, 6.45) is 6.61. The Morgan fingerprint density at radius 2 is 1.55 bits per heavy atom. The van der Waals surface area contributed by atoms with Gasteiger partial charge in [0.25, 0.3) is 0 Å². The van der Waals surface area contributed by atoms with Gasteiger partial charge < -0.3 is 0 Å². The fourth-order valence-electron chi connectivity index (χ4n) is 1.32. The fourth-order valence-corrected chi connectivity index (χ4v) is 1.32. The van der Waals surface area contributed by atoms with E-state index in [2.05, 4.69) is 27.7 Å². The highest BCUT2D eigenvalue weighted by Gasteiger charge is 1.97. The van der Waals surface area contributed by atoms with E-state index in [1.807, 2.05) is 0 Å². The summed E-state index contributed by atoms with van der Waals surface area (Å²) in [7, 11) is 0. The Morgan fingerprint density at radius 3 is 1.91 bits per heavy atom. The van der Waals surface area contributed by atoms with Crippen molar-refractivity contribution in [3.63, 3.8) is 0 Å². The molecule has 0 bridgehead atoms. The molecule has 0 atom stereocenters. The zero-order valence-electron chi connectivity index (χ0n) is 8.54. The zero-order chi connectivity index (χ0) is 8.69. The molecule has 0 saturated heterocycles. The predicted octanol–water partition coefficient (Wildman–Crippen LogP) is 4.31. The third kappa shape index (κ3) is 5.06. The molecular formula is C11H22. The first-order valence-electron chi connectivity index (χ1n) is 4.87. The molecule has 0 N–H and O–H groups in total. The first kappa shape index (κ1) is 10.7. The molecule has 66 valence electrons. The monoisotopic (exact) mass is 154 g/mol. The van der Waals surface area contributed by atoms with Gasteiger partial charge in [0.2, 0.25) is 0 Å². The maximum absolute atomic E-state index is 2.26. The average molecular weight is 154 g/mol. The maximum atomic E-state index is 2.26. The van der Waals surface area contributed by atoms with E-state index in [-0.39, 0.29) is 0 Å². The Bertz CT molecular complexity index is 116. The Kier molecular flexibility index (Phi) is 6.30. The molecule has 0 nitrogen and oxygen atoms in total. The molecule has 0 aromatic heterocycles. The molecule has 0 amide bonds. The highest BCUT2D eigenvalue weighted by molar-refractivity contribution is 5.09. The summed E-state index contributed by atoms with van der Waals surface area (Å²) in [6.45, 7) is 8.99. The van der Waals surface area contributed by atoms with E-state index in [1.54, 1.807) is 11.1 Å². The quantitative estimate of drug-likeness (QED) is 0.517. The standard InChI is InChI=1S/C11H22/c1-5-7-9-11(8-6-2)10(3)4/h5-9H2,1-4H3. The van der Waals surface area contributed by atoms with Crippen LogP contribution in [0.5, 0.6) is 0 Å². The molecule has 0 aromatic rings. The highest BCUT2D eigenvalue weighted by atomic mass is 14.0. The van der Waals surface area contributed by atoms with Crippen molar-refractivity contribution < 1.29 is 0 Å². The van der Waals surface area contributed by atoms with Crippen LogP contribution in [0.1, 0.15) is 59.8 Å². The summed E-state index contributed by atoms with van der Waals surface area (Å²) < 4.78 is 0.